The lowest BCUT2D eigenvalue weighted by Gasteiger charge is -2.58. The Labute approximate surface area is 185 Å². The number of benzene rings is 2. The SMILES string of the molecule is Fc1ccccc1CNC1CC2(C1)CC(Nc1nc(Cc3ccc(Cl)cc3)ns1)C2. The van der Waals surface area contributed by atoms with Gasteiger partial charge < -0.3 is 10.6 Å². The van der Waals surface area contributed by atoms with Crippen LogP contribution in [-0.4, -0.2) is 21.4 Å². The summed E-state index contributed by atoms with van der Waals surface area (Å²) in [6.45, 7) is 0.607. The van der Waals surface area contributed by atoms with Gasteiger partial charge in [0.25, 0.3) is 0 Å². The van der Waals surface area contributed by atoms with Crippen LogP contribution in [0.1, 0.15) is 42.6 Å². The maximum atomic E-state index is 13.7. The Balaban J connectivity index is 1.05. The van der Waals surface area contributed by atoms with E-state index < -0.39 is 0 Å². The summed E-state index contributed by atoms with van der Waals surface area (Å²) in [6.07, 6.45) is 5.43. The van der Waals surface area contributed by atoms with Crippen molar-refractivity contribution in [3.05, 3.63) is 76.3 Å². The topological polar surface area (TPSA) is 49.8 Å². The van der Waals surface area contributed by atoms with Gasteiger partial charge in [0.1, 0.15) is 11.6 Å². The number of halogens is 2. The molecule has 7 heteroatoms. The van der Waals surface area contributed by atoms with Gasteiger partial charge in [-0.1, -0.05) is 41.9 Å². The molecule has 2 aliphatic carbocycles. The Morgan fingerprint density at radius 2 is 1.77 bits per heavy atom. The van der Waals surface area contributed by atoms with E-state index in [2.05, 4.69) is 20.0 Å². The number of anilines is 1. The van der Waals surface area contributed by atoms with E-state index in [0.717, 1.165) is 33.5 Å². The molecule has 0 bridgehead atoms. The average molecular weight is 443 g/mol. The first-order valence-electron chi connectivity index (χ1n) is 10.4. The van der Waals surface area contributed by atoms with Crippen LogP contribution >= 0.6 is 23.1 Å². The minimum Gasteiger partial charge on any atom is -0.358 e. The Bertz CT molecular complexity index is 1010. The lowest BCUT2D eigenvalue weighted by molar-refractivity contribution is -0.0126. The second-order valence-corrected chi connectivity index (χ2v) is 9.83. The third-order valence-corrected chi connectivity index (χ3v) is 7.26. The predicted octanol–water partition coefficient (Wildman–Crippen LogP) is 5.43. The van der Waals surface area contributed by atoms with Gasteiger partial charge in [0.2, 0.25) is 5.13 Å². The van der Waals surface area contributed by atoms with Crippen LogP contribution in [-0.2, 0) is 13.0 Å². The molecule has 0 radical (unpaired) electrons. The molecule has 0 amide bonds. The molecule has 0 aliphatic heterocycles. The van der Waals surface area contributed by atoms with Crippen molar-refractivity contribution in [3.8, 4) is 0 Å². The summed E-state index contributed by atoms with van der Waals surface area (Å²) >= 11 is 7.38. The van der Waals surface area contributed by atoms with Crippen LogP contribution in [0.5, 0.6) is 0 Å². The second kappa shape index (κ2) is 8.25. The standard InChI is InChI=1S/C23H24ClFN4S/c24-17-7-5-15(6-8-17)9-21-28-22(30-29-21)27-19-12-23(13-19)10-18(11-23)26-14-16-3-1-2-4-20(16)25/h1-8,18-19,26H,9-14H2,(H,27,28,29). The van der Waals surface area contributed by atoms with E-state index in [0.29, 0.717) is 24.0 Å². The minimum absolute atomic E-state index is 0.126. The second-order valence-electron chi connectivity index (χ2n) is 8.65. The van der Waals surface area contributed by atoms with Crippen molar-refractivity contribution >= 4 is 28.3 Å². The molecule has 3 aromatic rings. The quantitative estimate of drug-likeness (QED) is 0.512. The van der Waals surface area contributed by atoms with Crippen LogP contribution < -0.4 is 10.6 Å². The molecule has 156 valence electrons. The van der Waals surface area contributed by atoms with E-state index in [4.69, 9.17) is 11.6 Å². The van der Waals surface area contributed by atoms with E-state index in [1.165, 1.54) is 43.3 Å². The maximum absolute atomic E-state index is 13.7. The summed E-state index contributed by atoms with van der Waals surface area (Å²) in [7, 11) is 0. The highest BCUT2D eigenvalue weighted by atomic mass is 35.5. The fourth-order valence-corrected chi connectivity index (χ4v) is 5.58. The fraction of sp³-hybridized carbons (Fsp3) is 0.391. The van der Waals surface area contributed by atoms with E-state index in [9.17, 15) is 4.39 Å². The molecule has 2 aromatic carbocycles. The monoisotopic (exact) mass is 442 g/mol. The molecule has 1 heterocycles. The van der Waals surface area contributed by atoms with Gasteiger partial charge in [-0.15, -0.1) is 0 Å². The summed E-state index contributed by atoms with van der Waals surface area (Å²) in [5.74, 6) is 0.722. The van der Waals surface area contributed by atoms with Crippen LogP contribution in [0, 0.1) is 11.2 Å². The van der Waals surface area contributed by atoms with Crippen molar-refractivity contribution in [1.29, 1.82) is 0 Å². The zero-order valence-electron chi connectivity index (χ0n) is 16.6. The number of aromatic nitrogens is 2. The van der Waals surface area contributed by atoms with Gasteiger partial charge in [0.05, 0.1) is 0 Å². The number of nitrogens with one attached hydrogen (secondary N) is 2. The van der Waals surface area contributed by atoms with E-state index >= 15 is 0 Å². The molecule has 0 saturated heterocycles. The van der Waals surface area contributed by atoms with Gasteiger partial charge in [-0.3, -0.25) is 0 Å². The van der Waals surface area contributed by atoms with Gasteiger partial charge in [0, 0.05) is 47.2 Å². The van der Waals surface area contributed by atoms with E-state index in [1.807, 2.05) is 36.4 Å². The third-order valence-electron chi connectivity index (χ3n) is 6.33. The van der Waals surface area contributed by atoms with Crippen molar-refractivity contribution in [2.45, 2.75) is 50.7 Å². The molecule has 0 atom stereocenters. The smallest absolute Gasteiger partial charge is 0.202 e. The molecule has 4 nitrogen and oxygen atoms in total. The first kappa shape index (κ1) is 19.9. The lowest BCUT2D eigenvalue weighted by Crippen LogP contribution is -2.58. The largest absolute Gasteiger partial charge is 0.358 e. The number of nitrogens with zero attached hydrogens (tertiary/aromatic N) is 2. The highest BCUT2D eigenvalue weighted by Gasteiger charge is 2.52. The van der Waals surface area contributed by atoms with Gasteiger partial charge in [-0.2, -0.15) is 4.37 Å². The summed E-state index contributed by atoms with van der Waals surface area (Å²) in [6, 6.07) is 15.8. The van der Waals surface area contributed by atoms with E-state index in [1.54, 1.807) is 6.07 Å². The summed E-state index contributed by atoms with van der Waals surface area (Å²) in [5, 5.41) is 8.71. The highest BCUT2D eigenvalue weighted by Crippen LogP contribution is 2.56. The van der Waals surface area contributed by atoms with Crippen molar-refractivity contribution in [2.24, 2.45) is 5.41 Å². The molecular weight excluding hydrogens is 419 g/mol. The Kier molecular flexibility index (Phi) is 5.48. The lowest BCUT2D eigenvalue weighted by atomic mass is 9.52. The van der Waals surface area contributed by atoms with Crippen LogP contribution in [0.4, 0.5) is 9.52 Å². The first-order valence-corrected chi connectivity index (χ1v) is 11.5. The first-order chi connectivity index (χ1) is 14.6. The van der Waals surface area contributed by atoms with Crippen molar-refractivity contribution < 1.29 is 4.39 Å². The number of hydrogen-bond donors (Lipinski definition) is 2. The molecule has 2 N–H and O–H groups in total. The van der Waals surface area contributed by atoms with Crippen LogP contribution in [0.3, 0.4) is 0 Å². The van der Waals surface area contributed by atoms with Crippen LogP contribution in [0.2, 0.25) is 5.02 Å². The summed E-state index contributed by atoms with van der Waals surface area (Å²) in [4.78, 5) is 4.64. The van der Waals surface area contributed by atoms with Crippen LogP contribution in [0.15, 0.2) is 48.5 Å². The zero-order chi connectivity index (χ0) is 20.6. The Morgan fingerprint density at radius 1 is 1.03 bits per heavy atom. The zero-order valence-corrected chi connectivity index (χ0v) is 18.1. The van der Waals surface area contributed by atoms with Gasteiger partial charge in [0.15, 0.2) is 0 Å². The molecular formula is C23H24ClFN4S. The van der Waals surface area contributed by atoms with Gasteiger partial charge in [-0.25, -0.2) is 9.37 Å². The van der Waals surface area contributed by atoms with Crippen molar-refractivity contribution in [1.82, 2.24) is 14.7 Å². The molecule has 2 saturated carbocycles. The maximum Gasteiger partial charge on any atom is 0.202 e. The molecule has 2 aliphatic rings. The average Bonchev–Trinajstić information content (AvgIpc) is 3.12. The summed E-state index contributed by atoms with van der Waals surface area (Å²) < 4.78 is 18.2. The Morgan fingerprint density at radius 3 is 2.53 bits per heavy atom. The number of hydrogen-bond acceptors (Lipinski definition) is 5. The minimum atomic E-state index is -0.126. The van der Waals surface area contributed by atoms with Crippen molar-refractivity contribution in [2.75, 3.05) is 5.32 Å². The molecule has 30 heavy (non-hydrogen) atoms. The normalized spacial score (nSPS) is 25.0. The molecule has 5 rings (SSSR count). The van der Waals surface area contributed by atoms with E-state index in [-0.39, 0.29) is 5.82 Å². The summed E-state index contributed by atoms with van der Waals surface area (Å²) in [5.41, 5.74) is 2.37. The molecule has 2 fully saturated rings. The third kappa shape index (κ3) is 4.36. The predicted molar refractivity (Wildman–Crippen MR) is 120 cm³/mol. The number of rotatable bonds is 7. The van der Waals surface area contributed by atoms with Crippen LogP contribution in [0.25, 0.3) is 0 Å². The molecule has 0 unspecified atom stereocenters. The fourth-order valence-electron chi connectivity index (χ4n) is 4.79. The van der Waals surface area contributed by atoms with Crippen molar-refractivity contribution in [3.63, 3.8) is 0 Å². The Hall–Kier alpha value is -2.02. The highest BCUT2D eigenvalue weighted by molar-refractivity contribution is 7.09. The van der Waals surface area contributed by atoms with Gasteiger partial charge >= 0.3 is 0 Å². The van der Waals surface area contributed by atoms with Gasteiger partial charge in [-0.05, 0) is 54.9 Å². The molecule has 1 aromatic heterocycles. The molecule has 1 spiro atoms.